The Labute approximate surface area is 111 Å². The third kappa shape index (κ3) is 2.66. The monoisotopic (exact) mass is 262 g/mol. The highest BCUT2D eigenvalue weighted by molar-refractivity contribution is 5.66. The summed E-state index contributed by atoms with van der Waals surface area (Å²) in [6.45, 7) is 3.64. The maximum Gasteiger partial charge on any atom is 0.131 e. The van der Waals surface area contributed by atoms with Crippen molar-refractivity contribution in [3.63, 3.8) is 0 Å². The van der Waals surface area contributed by atoms with Gasteiger partial charge in [-0.1, -0.05) is 38.1 Å². The van der Waals surface area contributed by atoms with E-state index in [0.29, 0.717) is 0 Å². The van der Waals surface area contributed by atoms with Crippen LogP contribution in [0.2, 0.25) is 0 Å². The summed E-state index contributed by atoms with van der Waals surface area (Å²) in [6.07, 6.45) is 0. The molecule has 0 saturated heterocycles. The molecule has 0 spiro atoms. The van der Waals surface area contributed by atoms with E-state index in [1.54, 1.807) is 30.3 Å². The second-order valence-corrected chi connectivity index (χ2v) is 5.22. The molecule has 0 atom stereocenters. The molecule has 0 aliphatic carbocycles. The zero-order valence-electron chi connectivity index (χ0n) is 11.0. The minimum Gasteiger partial charge on any atom is -0.395 e. The van der Waals surface area contributed by atoms with Crippen molar-refractivity contribution in [3.05, 3.63) is 59.7 Å². The van der Waals surface area contributed by atoms with Crippen LogP contribution in [0.1, 0.15) is 19.4 Å². The molecule has 0 aromatic heterocycles. The maximum atomic E-state index is 13.9. The minimum atomic E-state index is -0.492. The van der Waals surface area contributed by atoms with Gasteiger partial charge in [0.2, 0.25) is 0 Å². The van der Waals surface area contributed by atoms with Gasteiger partial charge in [-0.25, -0.2) is 8.78 Å². The first-order valence-corrected chi connectivity index (χ1v) is 6.11. The molecular weight excluding hydrogens is 246 g/mol. The van der Waals surface area contributed by atoms with Crippen LogP contribution >= 0.6 is 0 Å². The van der Waals surface area contributed by atoms with Crippen LogP contribution < -0.4 is 0 Å². The normalized spacial score (nSPS) is 11.6. The molecule has 0 bridgehead atoms. The van der Waals surface area contributed by atoms with Gasteiger partial charge >= 0.3 is 0 Å². The second-order valence-electron chi connectivity index (χ2n) is 5.22. The van der Waals surface area contributed by atoms with Gasteiger partial charge in [0.15, 0.2) is 0 Å². The van der Waals surface area contributed by atoms with E-state index in [9.17, 15) is 13.9 Å². The van der Waals surface area contributed by atoms with Crippen LogP contribution in [-0.4, -0.2) is 11.7 Å². The smallest absolute Gasteiger partial charge is 0.131 e. The number of halogens is 2. The summed E-state index contributed by atoms with van der Waals surface area (Å²) in [4.78, 5) is 0. The second kappa shape index (κ2) is 5.10. The molecule has 100 valence electrons. The predicted octanol–water partition coefficient (Wildman–Crippen LogP) is 3.90. The first-order chi connectivity index (χ1) is 8.95. The molecule has 2 rings (SSSR count). The molecule has 0 heterocycles. The summed E-state index contributed by atoms with van der Waals surface area (Å²) in [7, 11) is 0. The maximum absolute atomic E-state index is 13.9. The average Bonchev–Trinajstić information content (AvgIpc) is 2.40. The van der Waals surface area contributed by atoms with E-state index in [0.717, 1.165) is 5.56 Å². The summed E-state index contributed by atoms with van der Waals surface area (Å²) in [5.74, 6) is -0.928. The van der Waals surface area contributed by atoms with Crippen molar-refractivity contribution in [2.45, 2.75) is 19.3 Å². The highest BCUT2D eigenvalue weighted by atomic mass is 19.1. The lowest BCUT2D eigenvalue weighted by atomic mass is 9.84. The van der Waals surface area contributed by atoms with Crippen molar-refractivity contribution >= 4 is 0 Å². The molecule has 0 aliphatic heterocycles. The molecular formula is C16H16F2O. The molecule has 0 radical (unpaired) electrons. The van der Waals surface area contributed by atoms with Crippen molar-refractivity contribution in [2.24, 2.45) is 0 Å². The van der Waals surface area contributed by atoms with Gasteiger partial charge in [0.25, 0.3) is 0 Å². The number of rotatable bonds is 3. The van der Waals surface area contributed by atoms with Crippen LogP contribution in [0.25, 0.3) is 11.1 Å². The van der Waals surface area contributed by atoms with Gasteiger partial charge in [0.05, 0.1) is 6.61 Å². The fraction of sp³-hybridized carbons (Fsp3) is 0.250. The lowest BCUT2D eigenvalue weighted by Gasteiger charge is -2.23. The first-order valence-electron chi connectivity index (χ1n) is 6.11. The molecule has 3 heteroatoms. The van der Waals surface area contributed by atoms with Gasteiger partial charge < -0.3 is 5.11 Å². The Bertz CT molecular complexity index is 591. The highest BCUT2D eigenvalue weighted by Crippen LogP contribution is 2.31. The van der Waals surface area contributed by atoms with Gasteiger partial charge in [-0.05, 0) is 23.8 Å². The summed E-state index contributed by atoms with van der Waals surface area (Å²) in [6, 6.07) is 10.6. The molecule has 0 saturated carbocycles. The molecule has 19 heavy (non-hydrogen) atoms. The first kappa shape index (κ1) is 13.7. The number of benzene rings is 2. The summed E-state index contributed by atoms with van der Waals surface area (Å²) in [5, 5.41) is 9.36. The third-order valence-electron chi connectivity index (χ3n) is 3.31. The Hall–Kier alpha value is -1.74. The van der Waals surface area contributed by atoms with Crippen LogP contribution in [-0.2, 0) is 5.41 Å². The molecule has 0 amide bonds. The Morgan fingerprint density at radius 3 is 2.21 bits per heavy atom. The van der Waals surface area contributed by atoms with Gasteiger partial charge in [-0.3, -0.25) is 0 Å². The van der Waals surface area contributed by atoms with E-state index in [-0.39, 0.29) is 17.7 Å². The van der Waals surface area contributed by atoms with Crippen LogP contribution in [0.3, 0.4) is 0 Å². The summed E-state index contributed by atoms with van der Waals surface area (Å²) >= 11 is 0. The average molecular weight is 262 g/mol. The van der Waals surface area contributed by atoms with Crippen LogP contribution in [0, 0.1) is 11.6 Å². The zero-order chi connectivity index (χ0) is 14.0. The summed E-state index contributed by atoms with van der Waals surface area (Å²) < 4.78 is 27.6. The molecule has 0 unspecified atom stereocenters. The van der Waals surface area contributed by atoms with Gasteiger partial charge in [0.1, 0.15) is 11.6 Å². The zero-order valence-corrected chi connectivity index (χ0v) is 11.0. The number of aliphatic hydroxyl groups is 1. The van der Waals surface area contributed by atoms with Gasteiger partial charge in [0, 0.05) is 16.5 Å². The molecule has 1 nitrogen and oxygen atoms in total. The lowest BCUT2D eigenvalue weighted by molar-refractivity contribution is 0.218. The Morgan fingerprint density at radius 1 is 0.947 bits per heavy atom. The fourth-order valence-electron chi connectivity index (χ4n) is 1.92. The Morgan fingerprint density at radius 2 is 1.58 bits per heavy atom. The van der Waals surface area contributed by atoms with Crippen molar-refractivity contribution in [2.75, 3.05) is 6.61 Å². The van der Waals surface area contributed by atoms with Crippen molar-refractivity contribution < 1.29 is 13.9 Å². The minimum absolute atomic E-state index is 0.0602. The van der Waals surface area contributed by atoms with Gasteiger partial charge in [-0.2, -0.15) is 0 Å². The lowest BCUT2D eigenvalue weighted by Crippen LogP contribution is -2.22. The topological polar surface area (TPSA) is 20.2 Å². The molecule has 0 fully saturated rings. The summed E-state index contributed by atoms with van der Waals surface area (Å²) in [5.41, 5.74) is 0.732. The molecule has 2 aromatic rings. The van der Waals surface area contributed by atoms with E-state index in [4.69, 9.17) is 0 Å². The highest BCUT2D eigenvalue weighted by Gasteiger charge is 2.21. The van der Waals surface area contributed by atoms with Crippen molar-refractivity contribution in [1.29, 1.82) is 0 Å². The number of hydrogen-bond acceptors (Lipinski definition) is 1. The SMILES string of the molecule is CC(C)(CO)c1ccc(F)c(-c2ccccc2F)c1. The van der Waals surface area contributed by atoms with E-state index in [1.165, 1.54) is 12.1 Å². The fourth-order valence-corrected chi connectivity index (χ4v) is 1.92. The molecule has 2 aromatic carbocycles. The molecule has 1 N–H and O–H groups in total. The standard InChI is InChI=1S/C16H16F2O/c1-16(2,10-19)11-7-8-15(18)13(9-11)12-5-3-4-6-14(12)17/h3-9,19H,10H2,1-2H3. The van der Waals surface area contributed by atoms with E-state index >= 15 is 0 Å². The number of hydrogen-bond donors (Lipinski definition) is 1. The number of aliphatic hydroxyl groups excluding tert-OH is 1. The largest absolute Gasteiger partial charge is 0.395 e. The molecule has 0 aliphatic rings. The van der Waals surface area contributed by atoms with Crippen molar-refractivity contribution in [1.82, 2.24) is 0 Å². The van der Waals surface area contributed by atoms with E-state index in [2.05, 4.69) is 0 Å². The Kier molecular flexibility index (Phi) is 3.67. The van der Waals surface area contributed by atoms with Crippen molar-refractivity contribution in [3.8, 4) is 11.1 Å². The van der Waals surface area contributed by atoms with Crippen LogP contribution in [0.4, 0.5) is 8.78 Å². The van der Waals surface area contributed by atoms with E-state index < -0.39 is 17.0 Å². The van der Waals surface area contributed by atoms with Crippen LogP contribution in [0.5, 0.6) is 0 Å². The Balaban J connectivity index is 2.59. The third-order valence-corrected chi connectivity index (χ3v) is 3.31. The quantitative estimate of drug-likeness (QED) is 0.889. The predicted molar refractivity (Wildman–Crippen MR) is 71.9 cm³/mol. The van der Waals surface area contributed by atoms with Crippen LogP contribution in [0.15, 0.2) is 42.5 Å². The van der Waals surface area contributed by atoms with Gasteiger partial charge in [-0.15, -0.1) is 0 Å². The van der Waals surface area contributed by atoms with E-state index in [1.807, 2.05) is 13.8 Å².